The summed E-state index contributed by atoms with van der Waals surface area (Å²) in [6, 6.07) is 11.3. The summed E-state index contributed by atoms with van der Waals surface area (Å²) < 4.78 is 6.34. The van der Waals surface area contributed by atoms with Crippen LogP contribution in [0.25, 0.3) is 0 Å². The van der Waals surface area contributed by atoms with Gasteiger partial charge in [-0.1, -0.05) is 12.1 Å². The van der Waals surface area contributed by atoms with Gasteiger partial charge in [0.15, 0.2) is 0 Å². The Morgan fingerprint density at radius 1 is 1.11 bits per heavy atom. The molecule has 0 fully saturated rings. The van der Waals surface area contributed by atoms with Crippen molar-refractivity contribution < 1.29 is 14.3 Å². The van der Waals surface area contributed by atoms with Gasteiger partial charge in [-0.05, 0) is 66.5 Å². The minimum absolute atomic E-state index is 0.0916. The molecule has 5 nitrogen and oxygen atoms in total. The number of carbonyl (C=O) groups is 2. The van der Waals surface area contributed by atoms with Crippen LogP contribution in [-0.4, -0.2) is 29.9 Å². The lowest BCUT2D eigenvalue weighted by atomic mass is 10.1. The number of thioether (sulfide) groups is 1. The van der Waals surface area contributed by atoms with Gasteiger partial charge in [0.1, 0.15) is 5.60 Å². The van der Waals surface area contributed by atoms with Crippen LogP contribution in [0.15, 0.2) is 40.2 Å². The highest BCUT2D eigenvalue weighted by Crippen LogP contribution is 2.25. The molecule has 0 aliphatic rings. The zero-order valence-corrected chi connectivity index (χ0v) is 19.4. The van der Waals surface area contributed by atoms with E-state index in [1.807, 2.05) is 32.9 Å². The van der Waals surface area contributed by atoms with Gasteiger partial charge in [-0.15, -0.1) is 11.3 Å². The highest BCUT2D eigenvalue weighted by atomic mass is 79.9. The molecule has 0 radical (unpaired) electrons. The summed E-state index contributed by atoms with van der Waals surface area (Å²) in [6.45, 7) is 6.43. The molecule has 0 saturated heterocycles. The van der Waals surface area contributed by atoms with E-state index in [0.717, 1.165) is 20.9 Å². The van der Waals surface area contributed by atoms with Crippen molar-refractivity contribution in [1.82, 2.24) is 10.6 Å². The molecule has 0 aliphatic heterocycles. The Kier molecular flexibility index (Phi) is 8.85. The van der Waals surface area contributed by atoms with Gasteiger partial charge in [-0.3, -0.25) is 4.79 Å². The van der Waals surface area contributed by atoms with Crippen LogP contribution in [0.1, 0.15) is 41.6 Å². The van der Waals surface area contributed by atoms with Gasteiger partial charge in [0.25, 0.3) is 5.91 Å². The lowest BCUT2D eigenvalue weighted by Crippen LogP contribution is -2.32. The number of thiophene rings is 1. The fourth-order valence-electron chi connectivity index (χ4n) is 2.20. The third-order valence-electron chi connectivity index (χ3n) is 3.46. The highest BCUT2D eigenvalue weighted by molar-refractivity contribution is 9.11. The van der Waals surface area contributed by atoms with Gasteiger partial charge < -0.3 is 15.4 Å². The molecule has 0 aliphatic carbocycles. The van der Waals surface area contributed by atoms with E-state index in [4.69, 9.17) is 4.74 Å². The summed E-state index contributed by atoms with van der Waals surface area (Å²) in [7, 11) is 0. The molecule has 2 aromatic rings. The van der Waals surface area contributed by atoms with Crippen LogP contribution in [0, 0.1) is 0 Å². The fourth-order valence-corrected chi connectivity index (χ4v) is 4.66. The Bertz CT molecular complexity index is 785. The molecule has 2 rings (SSSR count). The van der Waals surface area contributed by atoms with Crippen molar-refractivity contribution >= 4 is 51.0 Å². The lowest BCUT2D eigenvalue weighted by Gasteiger charge is -2.19. The van der Waals surface area contributed by atoms with Crippen molar-refractivity contribution in [3.63, 3.8) is 0 Å². The summed E-state index contributed by atoms with van der Waals surface area (Å²) in [4.78, 5) is 25.2. The van der Waals surface area contributed by atoms with Crippen molar-refractivity contribution in [1.29, 1.82) is 0 Å². The smallest absolute Gasteiger partial charge is 0.407 e. The Labute approximate surface area is 182 Å². The Morgan fingerprint density at radius 2 is 1.82 bits per heavy atom. The van der Waals surface area contributed by atoms with Crippen molar-refractivity contribution in [3.8, 4) is 0 Å². The summed E-state index contributed by atoms with van der Waals surface area (Å²) in [6.07, 6.45) is -0.457. The highest BCUT2D eigenvalue weighted by Gasteiger charge is 2.15. The maximum absolute atomic E-state index is 12.2. The number of halogens is 1. The number of benzene rings is 1. The molecule has 1 aromatic heterocycles. The van der Waals surface area contributed by atoms with E-state index >= 15 is 0 Å². The van der Waals surface area contributed by atoms with Crippen LogP contribution in [0.2, 0.25) is 0 Å². The third-order valence-corrected chi connectivity index (χ3v) is 6.27. The molecule has 152 valence electrons. The molecular formula is C20H25BrN2O3S2. The van der Waals surface area contributed by atoms with Crippen molar-refractivity contribution in [2.45, 2.75) is 38.7 Å². The second-order valence-corrected chi connectivity index (χ2v) is 10.7. The van der Waals surface area contributed by atoms with E-state index in [9.17, 15) is 9.59 Å². The summed E-state index contributed by atoms with van der Waals surface area (Å²) in [5.74, 6) is 1.72. The number of hydrogen-bond acceptors (Lipinski definition) is 5. The van der Waals surface area contributed by atoms with E-state index in [0.29, 0.717) is 18.7 Å². The Balaban J connectivity index is 1.67. The topological polar surface area (TPSA) is 67.4 Å². The number of alkyl carbamates (subject to hydrolysis) is 1. The first-order chi connectivity index (χ1) is 13.2. The number of nitrogens with one attached hydrogen (secondary N) is 2. The minimum atomic E-state index is -0.523. The summed E-state index contributed by atoms with van der Waals surface area (Å²) in [5.41, 5.74) is 0.985. The number of hydrogen-bond donors (Lipinski definition) is 2. The maximum atomic E-state index is 12.2. The van der Waals surface area contributed by atoms with E-state index < -0.39 is 11.7 Å². The van der Waals surface area contributed by atoms with Crippen LogP contribution in [-0.2, 0) is 17.0 Å². The second-order valence-electron chi connectivity index (χ2n) is 7.07. The van der Waals surface area contributed by atoms with Crippen LogP contribution < -0.4 is 10.6 Å². The van der Waals surface area contributed by atoms with Crippen molar-refractivity contribution in [2.24, 2.45) is 0 Å². The first kappa shape index (κ1) is 22.8. The van der Waals surface area contributed by atoms with Gasteiger partial charge in [0, 0.05) is 35.0 Å². The van der Waals surface area contributed by atoms with Gasteiger partial charge >= 0.3 is 6.09 Å². The predicted molar refractivity (Wildman–Crippen MR) is 120 cm³/mol. The van der Waals surface area contributed by atoms with Crippen LogP contribution in [0.5, 0.6) is 0 Å². The zero-order valence-electron chi connectivity index (χ0n) is 16.2. The molecule has 1 aromatic carbocycles. The van der Waals surface area contributed by atoms with E-state index in [2.05, 4.69) is 38.7 Å². The molecule has 0 bridgehead atoms. The molecule has 0 spiro atoms. The molecule has 2 N–H and O–H groups in total. The quantitative estimate of drug-likeness (QED) is 0.505. The number of rotatable bonds is 8. The SMILES string of the molecule is CC(C)(C)OC(=O)NCc1ccc(C(=O)NCCSCc2ccc(Br)s2)cc1. The predicted octanol–water partition coefficient (Wildman–Crippen LogP) is 5.20. The first-order valence-electron chi connectivity index (χ1n) is 8.89. The normalized spacial score (nSPS) is 11.1. The summed E-state index contributed by atoms with van der Waals surface area (Å²) >= 11 is 6.99. The zero-order chi connectivity index (χ0) is 20.6. The Hall–Kier alpha value is -1.51. The molecule has 0 unspecified atom stereocenters. The maximum Gasteiger partial charge on any atom is 0.407 e. The minimum Gasteiger partial charge on any atom is -0.444 e. The molecular weight excluding hydrogens is 460 g/mol. The number of carbonyl (C=O) groups excluding carboxylic acids is 2. The second kappa shape index (κ2) is 10.9. The molecule has 1 heterocycles. The van der Waals surface area contributed by atoms with Gasteiger partial charge in [-0.25, -0.2) is 4.79 Å². The average molecular weight is 485 g/mol. The summed E-state index contributed by atoms with van der Waals surface area (Å²) in [5, 5.41) is 5.63. The van der Waals surface area contributed by atoms with E-state index in [1.54, 1.807) is 35.2 Å². The van der Waals surface area contributed by atoms with E-state index in [1.165, 1.54) is 4.88 Å². The van der Waals surface area contributed by atoms with Gasteiger partial charge in [0.05, 0.1) is 3.79 Å². The number of amides is 2. The average Bonchev–Trinajstić information content (AvgIpc) is 3.04. The largest absolute Gasteiger partial charge is 0.444 e. The fraction of sp³-hybridized carbons (Fsp3) is 0.400. The first-order valence-corrected chi connectivity index (χ1v) is 11.7. The molecule has 0 saturated carbocycles. The Morgan fingerprint density at radius 3 is 2.43 bits per heavy atom. The van der Waals surface area contributed by atoms with Gasteiger partial charge in [-0.2, -0.15) is 11.8 Å². The van der Waals surface area contributed by atoms with Crippen molar-refractivity contribution in [3.05, 3.63) is 56.2 Å². The molecule has 0 atom stereocenters. The van der Waals surface area contributed by atoms with Crippen LogP contribution in [0.3, 0.4) is 0 Å². The third kappa shape index (κ3) is 8.67. The lowest BCUT2D eigenvalue weighted by molar-refractivity contribution is 0.0523. The monoisotopic (exact) mass is 484 g/mol. The van der Waals surface area contributed by atoms with Crippen molar-refractivity contribution in [2.75, 3.05) is 12.3 Å². The molecule has 28 heavy (non-hydrogen) atoms. The van der Waals surface area contributed by atoms with Gasteiger partial charge in [0.2, 0.25) is 0 Å². The van der Waals surface area contributed by atoms with E-state index in [-0.39, 0.29) is 5.91 Å². The van der Waals surface area contributed by atoms with Crippen LogP contribution >= 0.6 is 39.0 Å². The molecule has 8 heteroatoms. The number of ether oxygens (including phenoxy) is 1. The molecule has 2 amide bonds. The van der Waals surface area contributed by atoms with Crippen LogP contribution in [0.4, 0.5) is 4.79 Å². The standard InChI is InChI=1S/C20H25BrN2O3S2/c1-20(2,3)26-19(25)23-12-14-4-6-15(7-5-14)18(24)22-10-11-27-13-16-8-9-17(21)28-16/h4-9H,10-13H2,1-3H3,(H,22,24)(H,23,25).